The van der Waals surface area contributed by atoms with Crippen molar-refractivity contribution in [1.82, 2.24) is 0 Å². The maximum atomic E-state index is 11.2. The highest BCUT2D eigenvalue weighted by Crippen LogP contribution is 2.28. The third-order valence-corrected chi connectivity index (χ3v) is 4.50. The van der Waals surface area contributed by atoms with Crippen LogP contribution in [0.5, 0.6) is 5.75 Å². The van der Waals surface area contributed by atoms with Crippen molar-refractivity contribution in [2.24, 2.45) is 5.41 Å². The van der Waals surface area contributed by atoms with Crippen LogP contribution >= 0.6 is 10.7 Å². The Morgan fingerprint density at radius 1 is 1.16 bits per heavy atom. The molecule has 0 aromatic heterocycles. The Bertz CT molecular complexity index is 562. The second kappa shape index (κ2) is 5.71. The SMILES string of the molecule is Cc1ccc(C)c(OCC(C)(C)CS(=O)(=O)Cl)c1C. The Labute approximate surface area is 120 Å². The van der Waals surface area contributed by atoms with Crippen molar-refractivity contribution in [3.63, 3.8) is 0 Å². The summed E-state index contributed by atoms with van der Waals surface area (Å²) in [5.74, 6) is 0.728. The fourth-order valence-corrected chi connectivity index (χ4v) is 3.83. The second-order valence-corrected chi connectivity index (χ2v) is 8.57. The molecule has 0 heterocycles. The van der Waals surface area contributed by atoms with Crippen LogP contribution in [0.25, 0.3) is 0 Å². The normalized spacial score (nSPS) is 12.5. The molecule has 0 spiro atoms. The predicted octanol–water partition coefficient (Wildman–Crippen LogP) is 3.59. The van der Waals surface area contributed by atoms with Crippen molar-refractivity contribution < 1.29 is 13.2 Å². The summed E-state index contributed by atoms with van der Waals surface area (Å²) < 4.78 is 28.1. The van der Waals surface area contributed by atoms with E-state index in [2.05, 4.69) is 0 Å². The molecule has 0 aliphatic heterocycles. The van der Waals surface area contributed by atoms with E-state index in [1.165, 1.54) is 0 Å². The van der Waals surface area contributed by atoms with Crippen molar-refractivity contribution in [1.29, 1.82) is 0 Å². The largest absolute Gasteiger partial charge is 0.492 e. The Morgan fingerprint density at radius 3 is 2.21 bits per heavy atom. The summed E-state index contributed by atoms with van der Waals surface area (Å²) >= 11 is 0. The highest BCUT2D eigenvalue weighted by atomic mass is 35.7. The average Bonchev–Trinajstić information content (AvgIpc) is 2.20. The van der Waals surface area contributed by atoms with E-state index in [-0.39, 0.29) is 5.75 Å². The molecule has 0 unspecified atom stereocenters. The van der Waals surface area contributed by atoms with Gasteiger partial charge in [-0.2, -0.15) is 0 Å². The molecule has 0 amide bonds. The summed E-state index contributed by atoms with van der Waals surface area (Å²) in [5.41, 5.74) is 2.77. The van der Waals surface area contributed by atoms with E-state index in [0.29, 0.717) is 6.61 Å². The lowest BCUT2D eigenvalue weighted by Crippen LogP contribution is -2.28. The molecule has 0 aliphatic carbocycles. The molecular formula is C14H21ClO3S. The van der Waals surface area contributed by atoms with Gasteiger partial charge in [-0.25, -0.2) is 8.42 Å². The molecule has 108 valence electrons. The number of hydrogen-bond donors (Lipinski definition) is 0. The van der Waals surface area contributed by atoms with Crippen LogP contribution in [0.4, 0.5) is 0 Å². The number of ether oxygens (including phenoxy) is 1. The maximum absolute atomic E-state index is 11.2. The summed E-state index contributed by atoms with van der Waals surface area (Å²) in [6.07, 6.45) is 0. The van der Waals surface area contributed by atoms with Gasteiger partial charge in [-0.3, -0.25) is 0 Å². The van der Waals surface area contributed by atoms with Gasteiger partial charge in [0.2, 0.25) is 9.05 Å². The molecule has 3 nitrogen and oxygen atoms in total. The van der Waals surface area contributed by atoms with Crippen LogP contribution in [0.3, 0.4) is 0 Å². The molecule has 0 N–H and O–H groups in total. The molecule has 1 aromatic carbocycles. The number of benzene rings is 1. The zero-order chi connectivity index (χ0) is 14.8. The van der Waals surface area contributed by atoms with Crippen molar-refractivity contribution >= 4 is 19.7 Å². The first-order chi connectivity index (χ1) is 8.52. The molecule has 19 heavy (non-hydrogen) atoms. The van der Waals surface area contributed by atoms with Crippen molar-refractivity contribution in [2.45, 2.75) is 34.6 Å². The number of halogens is 1. The van der Waals surface area contributed by atoms with Gasteiger partial charge in [-0.05, 0) is 37.5 Å². The highest BCUT2D eigenvalue weighted by molar-refractivity contribution is 8.13. The lowest BCUT2D eigenvalue weighted by atomic mass is 9.98. The van der Waals surface area contributed by atoms with Gasteiger partial charge in [0.15, 0.2) is 0 Å². The van der Waals surface area contributed by atoms with E-state index in [9.17, 15) is 8.42 Å². The van der Waals surface area contributed by atoms with Crippen molar-refractivity contribution in [2.75, 3.05) is 12.4 Å². The number of rotatable bonds is 5. The van der Waals surface area contributed by atoms with E-state index in [0.717, 1.165) is 22.4 Å². The molecule has 0 aliphatic rings. The Kier molecular flexibility index (Phi) is 4.91. The molecule has 0 atom stereocenters. The lowest BCUT2D eigenvalue weighted by Gasteiger charge is -2.24. The van der Waals surface area contributed by atoms with Crippen LogP contribution in [0, 0.1) is 26.2 Å². The van der Waals surface area contributed by atoms with Crippen LogP contribution in [0.1, 0.15) is 30.5 Å². The molecule has 1 aromatic rings. The molecule has 0 saturated heterocycles. The summed E-state index contributed by atoms with van der Waals surface area (Å²) in [6.45, 7) is 9.97. The van der Waals surface area contributed by atoms with Crippen LogP contribution in [0.2, 0.25) is 0 Å². The van der Waals surface area contributed by atoms with E-state index in [1.54, 1.807) is 0 Å². The summed E-state index contributed by atoms with van der Waals surface area (Å²) in [5, 5.41) is 0. The van der Waals surface area contributed by atoms with Gasteiger partial charge in [0.1, 0.15) is 5.75 Å². The van der Waals surface area contributed by atoms with E-state index < -0.39 is 14.5 Å². The molecule has 1 rings (SSSR count). The number of hydrogen-bond acceptors (Lipinski definition) is 3. The fraction of sp³-hybridized carbons (Fsp3) is 0.571. The third kappa shape index (κ3) is 5.03. The first kappa shape index (κ1) is 16.3. The molecule has 0 saturated carbocycles. The van der Waals surface area contributed by atoms with E-state index in [4.69, 9.17) is 15.4 Å². The van der Waals surface area contributed by atoms with E-state index in [1.807, 2.05) is 46.8 Å². The Balaban J connectivity index is 2.85. The zero-order valence-electron chi connectivity index (χ0n) is 12.1. The van der Waals surface area contributed by atoms with Crippen LogP contribution < -0.4 is 4.74 Å². The van der Waals surface area contributed by atoms with Gasteiger partial charge in [0.05, 0.1) is 12.4 Å². The van der Waals surface area contributed by atoms with Gasteiger partial charge in [0.25, 0.3) is 0 Å². The molecule has 0 fully saturated rings. The van der Waals surface area contributed by atoms with Gasteiger partial charge < -0.3 is 4.74 Å². The van der Waals surface area contributed by atoms with Gasteiger partial charge >= 0.3 is 0 Å². The zero-order valence-corrected chi connectivity index (χ0v) is 13.7. The minimum atomic E-state index is -3.52. The standard InChI is InChI=1S/C14H21ClO3S/c1-10-6-7-11(2)13(12(10)3)18-8-14(4,5)9-19(15,16)17/h6-7H,8-9H2,1-5H3. The van der Waals surface area contributed by atoms with Crippen molar-refractivity contribution in [3.8, 4) is 5.75 Å². The minimum Gasteiger partial charge on any atom is -0.492 e. The van der Waals surface area contributed by atoms with Gasteiger partial charge in [0, 0.05) is 16.1 Å². The monoisotopic (exact) mass is 304 g/mol. The average molecular weight is 305 g/mol. The van der Waals surface area contributed by atoms with Crippen LogP contribution in [0.15, 0.2) is 12.1 Å². The summed E-state index contributed by atoms with van der Waals surface area (Å²) in [4.78, 5) is 0. The van der Waals surface area contributed by atoms with Gasteiger partial charge in [-0.1, -0.05) is 26.0 Å². The predicted molar refractivity (Wildman–Crippen MR) is 79.6 cm³/mol. The lowest BCUT2D eigenvalue weighted by molar-refractivity contribution is 0.198. The first-order valence-corrected chi connectivity index (χ1v) is 8.62. The number of aryl methyl sites for hydroxylation is 2. The summed E-state index contributed by atoms with van der Waals surface area (Å²) in [7, 11) is 1.78. The molecular weight excluding hydrogens is 284 g/mol. The first-order valence-electron chi connectivity index (χ1n) is 6.14. The quantitative estimate of drug-likeness (QED) is 0.781. The molecule has 5 heteroatoms. The Hall–Kier alpha value is -0.740. The minimum absolute atomic E-state index is 0.106. The van der Waals surface area contributed by atoms with Crippen LogP contribution in [-0.4, -0.2) is 20.8 Å². The van der Waals surface area contributed by atoms with Crippen LogP contribution in [-0.2, 0) is 9.05 Å². The molecule has 0 bridgehead atoms. The van der Waals surface area contributed by atoms with Crippen molar-refractivity contribution in [3.05, 3.63) is 28.8 Å². The molecule has 0 radical (unpaired) electrons. The third-order valence-electron chi connectivity index (χ3n) is 3.04. The smallest absolute Gasteiger partial charge is 0.233 e. The Morgan fingerprint density at radius 2 is 1.68 bits per heavy atom. The van der Waals surface area contributed by atoms with Gasteiger partial charge in [-0.15, -0.1) is 0 Å². The van der Waals surface area contributed by atoms with E-state index >= 15 is 0 Å². The second-order valence-electron chi connectivity index (χ2n) is 5.79. The summed E-state index contributed by atoms with van der Waals surface area (Å²) in [6, 6.07) is 4.05. The highest BCUT2D eigenvalue weighted by Gasteiger charge is 2.26. The topological polar surface area (TPSA) is 43.4 Å². The maximum Gasteiger partial charge on any atom is 0.233 e. The fourth-order valence-electron chi connectivity index (χ4n) is 1.92.